The number of benzene rings is 2. The van der Waals surface area contributed by atoms with Gasteiger partial charge in [-0.25, -0.2) is 40.6 Å². The normalized spacial score (nSPS) is 16.6. The predicted octanol–water partition coefficient (Wildman–Crippen LogP) is 7.24. The summed E-state index contributed by atoms with van der Waals surface area (Å²) in [6, 6.07) is 14.0. The highest BCUT2D eigenvalue weighted by atomic mass is 32.2. The standard InChI is InChI=1S/C23H29N5O3S.C14H20N4.C9H11NO4S/c1-14-9-10-19(26-32(5,30)31)18(12-14)23(29)27-11-7-6-8-21(27)20-13-22-24-16(3)15(2)17(4)28(22)25-20;1-9-10(2)16-14-8-13(17-18(14)11(9)3)12-6-4-5-7-15-12;1-6-3-4-8(10-15(2,13)14)7(5-6)9(11)12/h9-10,12-13,21,26H,6-8,11H2,1-5H3;8,12,15H,4-7H2,1-3H3;3-5,10H,1-2H3,(H,11,12)/t21-;12-;/m00./s1. The summed E-state index contributed by atoms with van der Waals surface area (Å²) < 4.78 is 54.1. The van der Waals surface area contributed by atoms with Crippen LogP contribution in [0.4, 0.5) is 11.4 Å². The first-order valence-corrected chi connectivity index (χ1v) is 25.4. The van der Waals surface area contributed by atoms with Gasteiger partial charge >= 0.3 is 5.97 Å². The number of aromatic nitrogens is 6. The average molecular weight is 929 g/mol. The van der Waals surface area contributed by atoms with Crippen molar-refractivity contribution in [3.63, 3.8) is 0 Å². The number of hydrogen-bond donors (Lipinski definition) is 4. The molecule has 0 bridgehead atoms. The lowest BCUT2D eigenvalue weighted by atomic mass is 9.97. The Kier molecular flexibility index (Phi) is 14.7. The van der Waals surface area contributed by atoms with Crippen molar-refractivity contribution in [2.24, 2.45) is 0 Å². The van der Waals surface area contributed by atoms with Gasteiger partial charge in [0.25, 0.3) is 5.91 Å². The molecule has 0 aliphatic carbocycles. The molecule has 8 rings (SSSR count). The third-order valence-corrected chi connectivity index (χ3v) is 13.1. The number of aryl methyl sites for hydroxylation is 6. The lowest BCUT2D eigenvalue weighted by molar-refractivity contribution is 0.0606. The summed E-state index contributed by atoms with van der Waals surface area (Å²) in [4.78, 5) is 35.6. The fourth-order valence-electron chi connectivity index (χ4n) is 8.11. The van der Waals surface area contributed by atoms with Gasteiger partial charge in [0.05, 0.1) is 58.5 Å². The Hall–Kier alpha value is -5.92. The topological polar surface area (TPSA) is 222 Å². The Morgan fingerprint density at radius 3 is 1.66 bits per heavy atom. The number of nitrogens with one attached hydrogen (secondary N) is 3. The minimum Gasteiger partial charge on any atom is -0.478 e. The quantitative estimate of drug-likeness (QED) is 0.119. The molecule has 1 amide bonds. The van der Waals surface area contributed by atoms with Crippen LogP contribution in [0, 0.1) is 55.4 Å². The minimum absolute atomic E-state index is 0.0552. The average Bonchev–Trinajstić information content (AvgIpc) is 3.88. The molecule has 65 heavy (non-hydrogen) atoms. The van der Waals surface area contributed by atoms with E-state index in [2.05, 4.69) is 51.6 Å². The molecular weight excluding hydrogens is 869 g/mol. The van der Waals surface area contributed by atoms with Gasteiger partial charge in [0, 0.05) is 41.5 Å². The SMILES string of the molecule is Cc1ccc(NS(C)(=O)=O)c(C(=O)N2CCCC[C@H]2c2cc3nc(C)c(C)c(C)n3n2)c1.Cc1ccc(NS(C)(=O)=O)c(C(=O)O)c1.Cc1nc2cc([C@@H]3CCCCN3)nn2c(C)c1C. The molecule has 4 aromatic heterocycles. The van der Waals surface area contributed by atoms with Crippen molar-refractivity contribution in [3.8, 4) is 0 Å². The molecule has 2 aliphatic heterocycles. The number of carboxylic acids is 1. The highest BCUT2D eigenvalue weighted by Crippen LogP contribution is 2.34. The molecular formula is C46H60N10O7S2. The van der Waals surface area contributed by atoms with Gasteiger partial charge in [0.2, 0.25) is 20.0 Å². The minimum atomic E-state index is -3.52. The van der Waals surface area contributed by atoms with E-state index >= 15 is 0 Å². The van der Waals surface area contributed by atoms with Gasteiger partial charge in [0.1, 0.15) is 0 Å². The Labute approximate surface area is 381 Å². The number of carbonyl (C=O) groups excluding carboxylic acids is 1. The second-order valence-corrected chi connectivity index (χ2v) is 20.7. The maximum atomic E-state index is 13.7. The third kappa shape index (κ3) is 11.7. The summed E-state index contributed by atoms with van der Waals surface area (Å²) in [6.07, 6.45) is 8.49. The van der Waals surface area contributed by atoms with Crippen molar-refractivity contribution in [1.29, 1.82) is 0 Å². The van der Waals surface area contributed by atoms with Gasteiger partial charge in [-0.15, -0.1) is 0 Å². The van der Waals surface area contributed by atoms with Crippen LogP contribution in [-0.4, -0.2) is 93.5 Å². The first-order chi connectivity index (χ1) is 30.5. The van der Waals surface area contributed by atoms with E-state index in [9.17, 15) is 26.4 Å². The van der Waals surface area contributed by atoms with Crippen molar-refractivity contribution in [1.82, 2.24) is 39.4 Å². The lowest BCUT2D eigenvalue weighted by Crippen LogP contribution is -2.39. The number of carbonyl (C=O) groups is 2. The number of nitrogens with zero attached hydrogens (tertiary/aromatic N) is 7. The molecule has 6 heterocycles. The van der Waals surface area contributed by atoms with Crippen LogP contribution < -0.4 is 14.8 Å². The van der Waals surface area contributed by atoms with Crippen molar-refractivity contribution in [3.05, 3.63) is 116 Å². The van der Waals surface area contributed by atoms with E-state index in [4.69, 9.17) is 15.3 Å². The second kappa shape index (κ2) is 19.7. The molecule has 2 fully saturated rings. The maximum absolute atomic E-state index is 13.7. The highest BCUT2D eigenvalue weighted by molar-refractivity contribution is 7.92. The molecule has 19 heteroatoms. The number of fused-ring (bicyclic) bond motifs is 2. The molecule has 348 valence electrons. The largest absolute Gasteiger partial charge is 0.478 e. The monoisotopic (exact) mass is 928 g/mol. The van der Waals surface area contributed by atoms with Crippen LogP contribution in [0.1, 0.15) is 128 Å². The molecule has 0 saturated carbocycles. The summed E-state index contributed by atoms with van der Waals surface area (Å²) >= 11 is 0. The lowest BCUT2D eigenvalue weighted by Gasteiger charge is -2.35. The molecule has 2 aliphatic rings. The Morgan fingerprint density at radius 2 is 1.15 bits per heavy atom. The molecule has 2 aromatic carbocycles. The summed E-state index contributed by atoms with van der Waals surface area (Å²) in [7, 11) is -6.98. The number of anilines is 2. The van der Waals surface area contributed by atoms with Crippen LogP contribution in [0.15, 0.2) is 48.5 Å². The molecule has 17 nitrogen and oxygen atoms in total. The van der Waals surface area contributed by atoms with Crippen LogP contribution in [0.2, 0.25) is 0 Å². The molecule has 0 unspecified atom stereocenters. The van der Waals surface area contributed by atoms with E-state index in [1.54, 1.807) is 31.2 Å². The second-order valence-electron chi connectivity index (χ2n) is 17.2. The van der Waals surface area contributed by atoms with Gasteiger partial charge in [-0.3, -0.25) is 14.2 Å². The number of rotatable bonds is 8. The van der Waals surface area contributed by atoms with E-state index in [0.717, 1.165) is 94.8 Å². The fraction of sp³-hybridized carbons (Fsp3) is 0.435. The van der Waals surface area contributed by atoms with Crippen molar-refractivity contribution in [2.45, 2.75) is 106 Å². The van der Waals surface area contributed by atoms with Gasteiger partial charge < -0.3 is 15.3 Å². The zero-order valence-electron chi connectivity index (χ0n) is 38.8. The van der Waals surface area contributed by atoms with Crippen molar-refractivity contribution >= 4 is 54.6 Å². The first kappa shape index (κ1) is 48.5. The number of carboxylic acid groups (broad SMARTS) is 1. The first-order valence-electron chi connectivity index (χ1n) is 21.6. The smallest absolute Gasteiger partial charge is 0.337 e. The highest BCUT2D eigenvalue weighted by Gasteiger charge is 2.32. The van der Waals surface area contributed by atoms with E-state index < -0.39 is 26.0 Å². The zero-order valence-corrected chi connectivity index (χ0v) is 40.4. The van der Waals surface area contributed by atoms with Crippen LogP contribution in [0.25, 0.3) is 11.3 Å². The van der Waals surface area contributed by atoms with Crippen molar-refractivity contribution < 1.29 is 31.5 Å². The third-order valence-electron chi connectivity index (χ3n) is 12.0. The molecule has 4 N–H and O–H groups in total. The van der Waals surface area contributed by atoms with Crippen molar-refractivity contribution in [2.75, 3.05) is 35.0 Å². The van der Waals surface area contributed by atoms with Gasteiger partial charge in [-0.05, 0) is 129 Å². The fourth-order valence-corrected chi connectivity index (χ4v) is 9.26. The Balaban J connectivity index is 0.000000179. The molecule has 2 saturated heterocycles. The molecule has 0 spiro atoms. The number of amides is 1. The molecule has 2 atom stereocenters. The molecule has 0 radical (unpaired) electrons. The van der Waals surface area contributed by atoms with Gasteiger partial charge in [-0.1, -0.05) is 29.7 Å². The Bertz CT molecular complexity index is 2990. The van der Waals surface area contributed by atoms with Crippen LogP contribution >= 0.6 is 0 Å². The van der Waals surface area contributed by atoms with E-state index in [-0.39, 0.29) is 23.2 Å². The van der Waals surface area contributed by atoms with Crippen LogP contribution in [0.3, 0.4) is 0 Å². The zero-order chi connectivity index (χ0) is 47.5. The van der Waals surface area contributed by atoms with E-state index in [0.29, 0.717) is 23.8 Å². The number of piperidine rings is 2. The number of aromatic carboxylic acids is 1. The summed E-state index contributed by atoms with van der Waals surface area (Å²) in [6.45, 7) is 17.6. The van der Waals surface area contributed by atoms with E-state index in [1.165, 1.54) is 42.7 Å². The van der Waals surface area contributed by atoms with Gasteiger partial charge in [0.15, 0.2) is 11.3 Å². The summed E-state index contributed by atoms with van der Waals surface area (Å²) in [5.74, 6) is -1.36. The van der Waals surface area contributed by atoms with Crippen LogP contribution in [0.5, 0.6) is 0 Å². The number of hydrogen-bond acceptors (Lipinski definition) is 11. The van der Waals surface area contributed by atoms with Gasteiger partial charge in [-0.2, -0.15) is 10.2 Å². The number of sulfonamides is 2. The van der Waals surface area contributed by atoms with E-state index in [1.807, 2.05) is 47.7 Å². The number of likely N-dealkylation sites (tertiary alicyclic amines) is 1. The summed E-state index contributed by atoms with van der Waals surface area (Å²) in [5, 5.41) is 21.9. The maximum Gasteiger partial charge on any atom is 0.337 e. The van der Waals surface area contributed by atoms with Crippen LogP contribution in [-0.2, 0) is 20.0 Å². The summed E-state index contributed by atoms with van der Waals surface area (Å²) in [5.41, 5.74) is 12.6. The Morgan fingerprint density at radius 1 is 0.662 bits per heavy atom. The predicted molar refractivity (Wildman–Crippen MR) is 253 cm³/mol. The molecule has 6 aromatic rings.